The van der Waals surface area contributed by atoms with Crippen molar-refractivity contribution in [3.8, 4) is 0 Å². The third-order valence-electron chi connectivity index (χ3n) is 2.45. The molecule has 1 aliphatic carbocycles. The number of hydrogen-bond donors (Lipinski definition) is 0. The van der Waals surface area contributed by atoms with Crippen LogP contribution in [0.3, 0.4) is 0 Å². The van der Waals surface area contributed by atoms with Crippen LogP contribution in [0.5, 0.6) is 0 Å². The predicted molar refractivity (Wildman–Crippen MR) is 41.1 cm³/mol. The van der Waals surface area contributed by atoms with Crippen LogP contribution in [0, 0.1) is 5.92 Å². The first-order chi connectivity index (χ1) is 4.88. The molecule has 0 aromatic carbocycles. The SMILES string of the molecule is [B]C1COC2C=CCCC12. The summed E-state index contributed by atoms with van der Waals surface area (Å²) in [5.74, 6) is 0.889. The van der Waals surface area contributed by atoms with Gasteiger partial charge in [-0.05, 0) is 24.6 Å². The highest BCUT2D eigenvalue weighted by atomic mass is 16.5. The minimum atomic E-state index is 0.287. The molecule has 0 amide bonds. The summed E-state index contributed by atoms with van der Waals surface area (Å²) in [6.45, 7) is 0.750. The van der Waals surface area contributed by atoms with Gasteiger partial charge in [-0.3, -0.25) is 0 Å². The maximum Gasteiger partial charge on any atom is 0.0780 e. The highest BCUT2D eigenvalue weighted by Crippen LogP contribution is 2.36. The largest absolute Gasteiger partial charge is 0.374 e. The fraction of sp³-hybridized carbons (Fsp3) is 0.750. The molecule has 1 heterocycles. The molecule has 10 heavy (non-hydrogen) atoms. The lowest BCUT2D eigenvalue weighted by atomic mass is 9.73. The first-order valence-electron chi connectivity index (χ1n) is 3.92. The Labute approximate surface area is 62.9 Å². The molecule has 1 saturated heterocycles. The monoisotopic (exact) mass is 134 g/mol. The molecule has 2 rings (SSSR count). The second-order valence-corrected chi connectivity index (χ2v) is 3.13. The van der Waals surface area contributed by atoms with Gasteiger partial charge >= 0.3 is 0 Å². The van der Waals surface area contributed by atoms with Crippen LogP contribution in [0.25, 0.3) is 0 Å². The highest BCUT2D eigenvalue weighted by Gasteiger charge is 2.32. The number of allylic oxidation sites excluding steroid dienone is 1. The van der Waals surface area contributed by atoms with Crippen LogP contribution in [-0.2, 0) is 4.74 Å². The molecule has 3 unspecified atom stereocenters. The molecule has 2 aliphatic rings. The Balaban J connectivity index is 2.12. The Bertz CT molecular complexity index is 155. The molecule has 0 saturated carbocycles. The molecule has 3 atom stereocenters. The Morgan fingerprint density at radius 1 is 1.50 bits per heavy atom. The lowest BCUT2D eigenvalue weighted by Crippen LogP contribution is -2.18. The molecule has 1 fully saturated rings. The zero-order valence-corrected chi connectivity index (χ0v) is 5.99. The van der Waals surface area contributed by atoms with E-state index in [0.717, 1.165) is 6.61 Å². The average Bonchev–Trinajstić information content (AvgIpc) is 2.34. The summed E-state index contributed by atoms with van der Waals surface area (Å²) < 4.78 is 5.46. The lowest BCUT2D eigenvalue weighted by molar-refractivity contribution is 0.122. The van der Waals surface area contributed by atoms with E-state index < -0.39 is 0 Å². The molecule has 1 nitrogen and oxygen atoms in total. The number of rotatable bonds is 0. The lowest BCUT2D eigenvalue weighted by Gasteiger charge is -2.21. The van der Waals surface area contributed by atoms with E-state index in [0.29, 0.717) is 12.0 Å². The summed E-state index contributed by atoms with van der Waals surface area (Å²) in [5, 5.41) is 0. The maximum absolute atomic E-state index is 5.83. The Morgan fingerprint density at radius 2 is 2.40 bits per heavy atom. The molecule has 2 heteroatoms. The van der Waals surface area contributed by atoms with Gasteiger partial charge in [0, 0.05) is 6.61 Å². The van der Waals surface area contributed by atoms with Crippen molar-refractivity contribution in [2.45, 2.75) is 24.8 Å². The Morgan fingerprint density at radius 3 is 3.20 bits per heavy atom. The van der Waals surface area contributed by atoms with Gasteiger partial charge in [0.15, 0.2) is 0 Å². The fourth-order valence-corrected chi connectivity index (χ4v) is 1.81. The van der Waals surface area contributed by atoms with E-state index in [-0.39, 0.29) is 5.82 Å². The summed E-state index contributed by atoms with van der Waals surface area (Å²) in [5.41, 5.74) is 0. The third-order valence-corrected chi connectivity index (χ3v) is 2.45. The second-order valence-electron chi connectivity index (χ2n) is 3.13. The van der Waals surface area contributed by atoms with Crippen molar-refractivity contribution in [2.24, 2.45) is 5.92 Å². The van der Waals surface area contributed by atoms with Crippen molar-refractivity contribution in [3.05, 3.63) is 12.2 Å². The van der Waals surface area contributed by atoms with Gasteiger partial charge in [0.05, 0.1) is 14.0 Å². The molecular formula is C8H11BO. The van der Waals surface area contributed by atoms with Gasteiger partial charge in [0.25, 0.3) is 0 Å². The molecule has 0 bridgehead atoms. The highest BCUT2D eigenvalue weighted by molar-refractivity contribution is 6.12. The summed E-state index contributed by atoms with van der Waals surface area (Å²) in [4.78, 5) is 0. The molecule has 52 valence electrons. The van der Waals surface area contributed by atoms with Gasteiger partial charge in [-0.2, -0.15) is 0 Å². The number of hydrogen-bond acceptors (Lipinski definition) is 1. The van der Waals surface area contributed by atoms with Crippen molar-refractivity contribution in [2.75, 3.05) is 6.61 Å². The van der Waals surface area contributed by atoms with E-state index in [1.54, 1.807) is 0 Å². The van der Waals surface area contributed by atoms with Crippen LogP contribution in [-0.4, -0.2) is 20.6 Å². The van der Waals surface area contributed by atoms with Gasteiger partial charge in [-0.1, -0.05) is 12.2 Å². The third kappa shape index (κ3) is 0.910. The first kappa shape index (κ1) is 6.47. The van der Waals surface area contributed by atoms with E-state index in [2.05, 4.69) is 12.2 Å². The fourth-order valence-electron chi connectivity index (χ4n) is 1.81. The van der Waals surface area contributed by atoms with Crippen molar-refractivity contribution < 1.29 is 4.74 Å². The average molecular weight is 134 g/mol. The Kier molecular flexibility index (Phi) is 1.57. The molecule has 0 spiro atoms. The van der Waals surface area contributed by atoms with E-state index in [1.807, 2.05) is 0 Å². The van der Waals surface area contributed by atoms with Crippen LogP contribution in [0.2, 0.25) is 5.82 Å². The minimum absolute atomic E-state index is 0.287. The number of fused-ring (bicyclic) bond motifs is 1. The van der Waals surface area contributed by atoms with Crippen molar-refractivity contribution >= 4 is 7.85 Å². The summed E-state index contributed by atoms with van der Waals surface area (Å²) in [7, 11) is 5.83. The Hall–Kier alpha value is -0.235. The van der Waals surface area contributed by atoms with Crippen LogP contribution < -0.4 is 0 Å². The first-order valence-corrected chi connectivity index (χ1v) is 3.92. The van der Waals surface area contributed by atoms with Crippen LogP contribution in [0.15, 0.2) is 12.2 Å². The summed E-state index contributed by atoms with van der Waals surface area (Å²) in [6, 6.07) is 0. The topological polar surface area (TPSA) is 9.23 Å². The second kappa shape index (κ2) is 2.42. The van der Waals surface area contributed by atoms with E-state index >= 15 is 0 Å². The number of ether oxygens (including phenoxy) is 1. The van der Waals surface area contributed by atoms with Crippen LogP contribution >= 0.6 is 0 Å². The summed E-state index contributed by atoms with van der Waals surface area (Å²) >= 11 is 0. The molecule has 2 radical (unpaired) electrons. The van der Waals surface area contributed by atoms with E-state index in [4.69, 9.17) is 12.6 Å². The quantitative estimate of drug-likeness (QED) is 0.358. The van der Waals surface area contributed by atoms with Gasteiger partial charge in [0.2, 0.25) is 0 Å². The van der Waals surface area contributed by atoms with Gasteiger partial charge in [-0.25, -0.2) is 0 Å². The van der Waals surface area contributed by atoms with Crippen molar-refractivity contribution in [1.29, 1.82) is 0 Å². The maximum atomic E-state index is 5.83. The molecular weight excluding hydrogens is 123 g/mol. The normalized spacial score (nSPS) is 45.4. The van der Waals surface area contributed by atoms with Gasteiger partial charge < -0.3 is 4.74 Å². The van der Waals surface area contributed by atoms with Gasteiger partial charge in [0.1, 0.15) is 0 Å². The standard InChI is InChI=1S/C8H11BO/c9-7-5-10-8-4-2-1-3-6(7)8/h2,4,6-8H,1,3,5H2. The zero-order valence-electron chi connectivity index (χ0n) is 5.99. The van der Waals surface area contributed by atoms with E-state index in [9.17, 15) is 0 Å². The van der Waals surface area contributed by atoms with Gasteiger partial charge in [-0.15, -0.1) is 0 Å². The van der Waals surface area contributed by atoms with Crippen LogP contribution in [0.4, 0.5) is 0 Å². The van der Waals surface area contributed by atoms with Crippen LogP contribution in [0.1, 0.15) is 12.8 Å². The molecule has 0 aromatic rings. The summed E-state index contributed by atoms with van der Waals surface area (Å²) in [6.07, 6.45) is 7.07. The van der Waals surface area contributed by atoms with E-state index in [1.165, 1.54) is 12.8 Å². The molecule has 1 aliphatic heterocycles. The van der Waals surface area contributed by atoms with Crippen molar-refractivity contribution in [3.63, 3.8) is 0 Å². The zero-order chi connectivity index (χ0) is 6.97. The predicted octanol–water partition coefficient (Wildman–Crippen LogP) is 1.31. The molecule has 0 aromatic heterocycles. The molecule has 0 N–H and O–H groups in total. The smallest absolute Gasteiger partial charge is 0.0780 e. The van der Waals surface area contributed by atoms with Crippen molar-refractivity contribution in [1.82, 2.24) is 0 Å². The minimum Gasteiger partial charge on any atom is -0.374 e.